The van der Waals surface area contributed by atoms with Crippen molar-refractivity contribution >= 4 is 28.4 Å². The Hall–Kier alpha value is -3.94. The molecule has 10 heteroatoms. The molecule has 0 aliphatic heterocycles. The van der Waals surface area contributed by atoms with Crippen molar-refractivity contribution in [2.24, 2.45) is 0 Å². The number of amides is 1. The van der Waals surface area contributed by atoms with E-state index < -0.39 is 11.1 Å². The van der Waals surface area contributed by atoms with Gasteiger partial charge in [0.25, 0.3) is 0 Å². The number of nitriles is 1. The number of methoxy groups -OCH3 is 2. The molecule has 0 spiro atoms. The minimum atomic E-state index is -2.70. The lowest BCUT2D eigenvalue weighted by Gasteiger charge is -2.21. The maximum Gasteiger partial charge on any atom is 0.243 e. The van der Waals surface area contributed by atoms with Gasteiger partial charge in [0.15, 0.2) is 0 Å². The second-order valence-electron chi connectivity index (χ2n) is 6.39. The quantitative estimate of drug-likeness (QED) is 0.499. The molecule has 0 aliphatic carbocycles. The topological polar surface area (TPSA) is 136 Å². The van der Waals surface area contributed by atoms with E-state index in [1.165, 1.54) is 26.5 Å². The molecule has 0 saturated carbocycles. The van der Waals surface area contributed by atoms with Crippen LogP contribution in [0.1, 0.15) is 5.56 Å². The monoisotopic (exact) mass is 451 g/mol. The van der Waals surface area contributed by atoms with E-state index in [2.05, 4.69) is 15.6 Å². The summed E-state index contributed by atoms with van der Waals surface area (Å²) in [6.07, 6.45) is 3.10. The molecule has 32 heavy (non-hydrogen) atoms. The molecule has 3 rings (SSSR count). The van der Waals surface area contributed by atoms with Gasteiger partial charge in [0.1, 0.15) is 17.6 Å². The lowest BCUT2D eigenvalue weighted by atomic mass is 9.99. The van der Waals surface area contributed by atoms with Gasteiger partial charge in [0, 0.05) is 11.8 Å². The molecule has 0 saturated heterocycles. The highest BCUT2D eigenvalue weighted by molar-refractivity contribution is 7.79. The van der Waals surface area contributed by atoms with Gasteiger partial charge in [0.05, 0.1) is 54.4 Å². The number of hydrogen-bond acceptors (Lipinski definition) is 8. The first kappa shape index (κ1) is 22.7. The fourth-order valence-corrected chi connectivity index (χ4v) is 3.80. The van der Waals surface area contributed by atoms with Crippen LogP contribution in [0.5, 0.6) is 11.5 Å². The van der Waals surface area contributed by atoms with Gasteiger partial charge in [-0.3, -0.25) is 14.0 Å². The number of carbonyl (C=O) groups excluding carboxylic acids is 1. The average molecular weight is 451 g/mol. The summed E-state index contributed by atoms with van der Waals surface area (Å²) in [5.41, 5.74) is 1.44. The molecule has 2 N–H and O–H groups in total. The van der Waals surface area contributed by atoms with Crippen molar-refractivity contribution < 1.29 is 23.0 Å². The zero-order valence-corrected chi connectivity index (χ0v) is 18.1. The van der Waals surface area contributed by atoms with Crippen LogP contribution in [0.15, 0.2) is 59.8 Å². The third-order valence-electron chi connectivity index (χ3n) is 4.51. The second kappa shape index (κ2) is 10.4. The number of anilines is 2. The van der Waals surface area contributed by atoms with Crippen LogP contribution in [-0.4, -0.2) is 40.4 Å². The largest absolute Gasteiger partial charge is 0.768 e. The number of ether oxygens (including phenoxy) is 2. The fourth-order valence-electron chi connectivity index (χ4n) is 3.16. The van der Waals surface area contributed by atoms with E-state index in [4.69, 9.17) is 9.47 Å². The summed E-state index contributed by atoms with van der Waals surface area (Å²) in [5, 5.41) is 15.1. The number of aromatic nitrogens is 1. The number of pyridine rings is 1. The molecule has 1 heterocycles. The molecule has 1 aromatic heterocycles. The summed E-state index contributed by atoms with van der Waals surface area (Å²) in [6.45, 7) is -0.154. The number of rotatable bonds is 8. The van der Waals surface area contributed by atoms with Gasteiger partial charge in [-0.15, -0.1) is 0 Å². The Kier molecular flexibility index (Phi) is 7.38. The summed E-state index contributed by atoms with van der Waals surface area (Å²) < 4.78 is 34.9. The van der Waals surface area contributed by atoms with E-state index in [9.17, 15) is 18.8 Å². The predicted molar refractivity (Wildman–Crippen MR) is 118 cm³/mol. The molecule has 1 amide bonds. The van der Waals surface area contributed by atoms with E-state index in [-0.39, 0.29) is 28.5 Å². The number of carbonyl (C=O) groups is 1. The lowest BCUT2D eigenvalue weighted by molar-refractivity contribution is -0.114. The Labute approximate surface area is 187 Å². The standard InChI is InChI=1S/C22H20N4O5S/c1-30-17-8-9-18(31-2)21(25-13-19(27)26-15-6-4-10-24-12-15)20(17)16-7-3-5-14(11-23)22(16)32(28)29/h3-10,12,25H,13H2,1-2H3,(H,26,27)(H,28,29)/p-1. The summed E-state index contributed by atoms with van der Waals surface area (Å²) in [6, 6.07) is 13.1. The maximum absolute atomic E-state index is 12.4. The van der Waals surface area contributed by atoms with Gasteiger partial charge in [-0.25, -0.2) is 0 Å². The Morgan fingerprint density at radius 2 is 1.91 bits per heavy atom. The molecule has 1 unspecified atom stereocenters. The summed E-state index contributed by atoms with van der Waals surface area (Å²) >= 11 is -2.70. The number of hydrogen-bond donors (Lipinski definition) is 2. The van der Waals surface area contributed by atoms with Gasteiger partial charge in [-0.1, -0.05) is 12.1 Å². The molecular formula is C22H19N4O5S-. The lowest BCUT2D eigenvalue weighted by Crippen LogP contribution is -2.22. The Balaban J connectivity index is 2.07. The van der Waals surface area contributed by atoms with Gasteiger partial charge < -0.3 is 24.7 Å². The molecule has 164 valence electrons. The van der Waals surface area contributed by atoms with E-state index >= 15 is 0 Å². The predicted octanol–water partition coefficient (Wildman–Crippen LogP) is 2.93. The molecule has 0 radical (unpaired) electrons. The van der Waals surface area contributed by atoms with Crippen molar-refractivity contribution in [3.63, 3.8) is 0 Å². The molecule has 0 bridgehead atoms. The zero-order valence-electron chi connectivity index (χ0n) is 17.2. The minimum Gasteiger partial charge on any atom is -0.768 e. The summed E-state index contributed by atoms with van der Waals surface area (Å²) in [4.78, 5) is 16.2. The number of nitrogens with zero attached hydrogens (tertiary/aromatic N) is 2. The molecule has 3 aromatic rings. The third-order valence-corrected chi connectivity index (χ3v) is 5.28. The maximum atomic E-state index is 12.4. The minimum absolute atomic E-state index is 0.0130. The fraction of sp³-hybridized carbons (Fsp3) is 0.136. The van der Waals surface area contributed by atoms with Crippen LogP contribution in [0, 0.1) is 11.3 Å². The first-order valence-electron chi connectivity index (χ1n) is 9.31. The highest BCUT2D eigenvalue weighted by Crippen LogP contribution is 2.45. The molecule has 9 nitrogen and oxygen atoms in total. The first-order chi connectivity index (χ1) is 15.5. The Morgan fingerprint density at radius 3 is 2.53 bits per heavy atom. The first-order valence-corrected chi connectivity index (χ1v) is 10.4. The normalized spacial score (nSPS) is 11.2. The van der Waals surface area contributed by atoms with Crippen molar-refractivity contribution in [2.75, 3.05) is 31.4 Å². The Bertz CT molecular complexity index is 1190. The number of benzene rings is 2. The molecular weight excluding hydrogens is 432 g/mol. The van der Waals surface area contributed by atoms with Crippen LogP contribution in [0.2, 0.25) is 0 Å². The highest BCUT2D eigenvalue weighted by Gasteiger charge is 2.22. The van der Waals surface area contributed by atoms with Gasteiger partial charge in [-0.2, -0.15) is 5.26 Å². The van der Waals surface area contributed by atoms with E-state index in [1.54, 1.807) is 42.6 Å². The van der Waals surface area contributed by atoms with Gasteiger partial charge in [0.2, 0.25) is 5.91 Å². The third kappa shape index (κ3) is 4.85. The van der Waals surface area contributed by atoms with Crippen LogP contribution >= 0.6 is 0 Å². The van der Waals surface area contributed by atoms with Crippen molar-refractivity contribution in [3.8, 4) is 28.7 Å². The van der Waals surface area contributed by atoms with E-state index in [1.807, 2.05) is 6.07 Å². The molecule has 2 aromatic carbocycles. The Morgan fingerprint density at radius 1 is 1.16 bits per heavy atom. The molecule has 0 fully saturated rings. The van der Waals surface area contributed by atoms with Gasteiger partial charge in [-0.05, 0) is 41.4 Å². The van der Waals surface area contributed by atoms with Crippen LogP contribution in [0.3, 0.4) is 0 Å². The van der Waals surface area contributed by atoms with Crippen LogP contribution in [0.4, 0.5) is 11.4 Å². The molecule has 1 atom stereocenters. The molecule has 0 aliphatic rings. The van der Waals surface area contributed by atoms with Crippen molar-refractivity contribution in [1.29, 1.82) is 5.26 Å². The smallest absolute Gasteiger partial charge is 0.243 e. The van der Waals surface area contributed by atoms with Crippen molar-refractivity contribution in [1.82, 2.24) is 4.98 Å². The SMILES string of the molecule is COc1ccc(OC)c(-c2cccc(C#N)c2S(=O)[O-])c1NCC(=O)Nc1cccnc1. The van der Waals surface area contributed by atoms with E-state index in [0.717, 1.165) is 0 Å². The van der Waals surface area contributed by atoms with Crippen molar-refractivity contribution in [3.05, 3.63) is 60.4 Å². The van der Waals surface area contributed by atoms with Crippen LogP contribution in [-0.2, 0) is 15.9 Å². The van der Waals surface area contributed by atoms with Crippen molar-refractivity contribution in [2.45, 2.75) is 4.90 Å². The summed E-state index contributed by atoms with van der Waals surface area (Å²) in [5.74, 6) is 0.343. The average Bonchev–Trinajstić information content (AvgIpc) is 2.81. The summed E-state index contributed by atoms with van der Waals surface area (Å²) in [7, 11) is 2.89. The zero-order chi connectivity index (χ0) is 23.1. The van der Waals surface area contributed by atoms with Crippen LogP contribution in [0.25, 0.3) is 11.1 Å². The highest BCUT2D eigenvalue weighted by atomic mass is 32.2. The van der Waals surface area contributed by atoms with Gasteiger partial charge >= 0.3 is 0 Å². The second-order valence-corrected chi connectivity index (χ2v) is 7.27. The van der Waals surface area contributed by atoms with Crippen LogP contribution < -0.4 is 20.1 Å². The number of nitrogens with one attached hydrogen (secondary N) is 2. The van der Waals surface area contributed by atoms with E-state index in [0.29, 0.717) is 28.4 Å².